The highest BCUT2D eigenvalue weighted by Crippen LogP contribution is 2.35. The van der Waals surface area contributed by atoms with Crippen LogP contribution in [0.3, 0.4) is 0 Å². The van der Waals surface area contributed by atoms with E-state index in [1.165, 1.54) is 29.8 Å². The van der Waals surface area contributed by atoms with E-state index in [4.69, 9.17) is 0 Å². The monoisotopic (exact) mass is 488 g/mol. The summed E-state index contributed by atoms with van der Waals surface area (Å²) in [5.74, 6) is -4.47. The Morgan fingerprint density at radius 2 is 1.06 bits per heavy atom. The largest absolute Gasteiger partial charge is 0.203 e. The lowest BCUT2D eigenvalue weighted by Crippen LogP contribution is -2.00. The van der Waals surface area contributed by atoms with Gasteiger partial charge in [-0.1, -0.05) is 98.3 Å². The van der Waals surface area contributed by atoms with E-state index in [9.17, 15) is 8.78 Å². The summed E-state index contributed by atoms with van der Waals surface area (Å²) in [5, 5.41) is 0. The maximum Gasteiger partial charge on any atom is 0.167 e. The number of benzene rings is 4. The van der Waals surface area contributed by atoms with Crippen molar-refractivity contribution >= 4 is 0 Å². The molecule has 0 saturated heterocycles. The van der Waals surface area contributed by atoms with Crippen LogP contribution < -0.4 is 0 Å². The van der Waals surface area contributed by atoms with Crippen LogP contribution in [0.4, 0.5) is 17.6 Å². The SMILES string of the molecule is CC=CCCc1ccc(-c2ccc(-c3ccc(-c4ccc(CCC)c(F)c4F)c(F)c3F)cc2)cc1. The molecule has 4 aromatic rings. The van der Waals surface area contributed by atoms with Crippen molar-refractivity contribution in [3.05, 3.63) is 119 Å². The van der Waals surface area contributed by atoms with Gasteiger partial charge in [0.2, 0.25) is 0 Å². The van der Waals surface area contributed by atoms with Gasteiger partial charge in [-0.3, -0.25) is 0 Å². The van der Waals surface area contributed by atoms with Gasteiger partial charge in [0.1, 0.15) is 0 Å². The molecule has 4 rings (SSSR count). The lowest BCUT2D eigenvalue weighted by atomic mass is 9.95. The van der Waals surface area contributed by atoms with Gasteiger partial charge in [-0.2, -0.15) is 0 Å². The predicted octanol–water partition coefficient (Wildman–Crippen LogP) is 9.71. The van der Waals surface area contributed by atoms with Crippen molar-refractivity contribution in [2.45, 2.75) is 39.5 Å². The molecule has 0 nitrogen and oxygen atoms in total. The maximum absolute atomic E-state index is 15.1. The first-order chi connectivity index (χ1) is 17.4. The number of aryl methyl sites for hydroxylation is 2. The van der Waals surface area contributed by atoms with Crippen molar-refractivity contribution in [3.8, 4) is 33.4 Å². The van der Waals surface area contributed by atoms with Gasteiger partial charge >= 0.3 is 0 Å². The molecule has 0 saturated carbocycles. The summed E-state index contributed by atoms with van der Waals surface area (Å²) in [6, 6.07) is 20.9. The van der Waals surface area contributed by atoms with Crippen LogP contribution in [-0.4, -0.2) is 0 Å². The molecule has 0 heterocycles. The molecule has 0 aliphatic heterocycles. The van der Waals surface area contributed by atoms with E-state index in [0.717, 1.165) is 24.0 Å². The average molecular weight is 489 g/mol. The topological polar surface area (TPSA) is 0 Å². The minimum atomic E-state index is -1.20. The zero-order valence-corrected chi connectivity index (χ0v) is 20.4. The van der Waals surface area contributed by atoms with Crippen LogP contribution in [0.5, 0.6) is 0 Å². The molecule has 0 spiro atoms. The first-order valence-corrected chi connectivity index (χ1v) is 12.2. The van der Waals surface area contributed by atoms with Gasteiger partial charge in [0.25, 0.3) is 0 Å². The number of hydrogen-bond donors (Lipinski definition) is 0. The molecule has 0 aliphatic carbocycles. The molecule has 0 amide bonds. The summed E-state index contributed by atoms with van der Waals surface area (Å²) in [4.78, 5) is 0. The molecule has 184 valence electrons. The number of allylic oxidation sites excluding steroid dienone is 2. The highest BCUT2D eigenvalue weighted by atomic mass is 19.2. The van der Waals surface area contributed by atoms with E-state index in [1.54, 1.807) is 12.1 Å². The summed E-state index contributed by atoms with van der Waals surface area (Å²) in [5.41, 5.74) is 3.42. The third-order valence-electron chi connectivity index (χ3n) is 6.37. The molecule has 36 heavy (non-hydrogen) atoms. The Balaban J connectivity index is 1.59. The van der Waals surface area contributed by atoms with Gasteiger partial charge in [-0.25, -0.2) is 17.6 Å². The van der Waals surface area contributed by atoms with Gasteiger partial charge in [-0.05, 0) is 54.0 Å². The summed E-state index contributed by atoms with van der Waals surface area (Å²) in [6.45, 7) is 3.86. The lowest BCUT2D eigenvalue weighted by Gasteiger charge is -2.12. The van der Waals surface area contributed by atoms with Crippen LogP contribution in [0.15, 0.2) is 84.9 Å². The lowest BCUT2D eigenvalue weighted by molar-refractivity contribution is 0.495. The van der Waals surface area contributed by atoms with Crippen LogP contribution in [-0.2, 0) is 12.8 Å². The van der Waals surface area contributed by atoms with E-state index in [1.807, 2.05) is 32.1 Å². The third kappa shape index (κ3) is 5.28. The molecule has 0 N–H and O–H groups in total. The predicted molar refractivity (Wildman–Crippen MR) is 140 cm³/mol. The average Bonchev–Trinajstić information content (AvgIpc) is 2.90. The summed E-state index contributed by atoms with van der Waals surface area (Å²) in [6.07, 6.45) is 7.17. The van der Waals surface area contributed by atoms with Crippen molar-refractivity contribution in [2.75, 3.05) is 0 Å². The highest BCUT2D eigenvalue weighted by Gasteiger charge is 2.21. The van der Waals surface area contributed by atoms with E-state index in [-0.39, 0.29) is 22.3 Å². The molecule has 0 atom stereocenters. The number of hydrogen-bond acceptors (Lipinski definition) is 0. The smallest absolute Gasteiger partial charge is 0.167 e. The fourth-order valence-electron chi connectivity index (χ4n) is 4.36. The molecule has 0 aromatic heterocycles. The van der Waals surface area contributed by atoms with E-state index in [0.29, 0.717) is 18.4 Å². The van der Waals surface area contributed by atoms with Crippen molar-refractivity contribution in [1.82, 2.24) is 0 Å². The first-order valence-electron chi connectivity index (χ1n) is 12.2. The van der Waals surface area contributed by atoms with Gasteiger partial charge in [0.15, 0.2) is 23.3 Å². The van der Waals surface area contributed by atoms with Crippen LogP contribution in [0, 0.1) is 23.3 Å². The summed E-state index contributed by atoms with van der Waals surface area (Å²) in [7, 11) is 0. The van der Waals surface area contributed by atoms with Gasteiger partial charge in [0, 0.05) is 16.7 Å². The van der Waals surface area contributed by atoms with Gasteiger partial charge in [-0.15, -0.1) is 0 Å². The minimum absolute atomic E-state index is 0.0608. The number of rotatable bonds is 8. The zero-order valence-electron chi connectivity index (χ0n) is 20.4. The standard InChI is InChI=1S/C32H28F4/c1-3-5-6-8-21-9-11-22(12-10-21)23-13-15-24(16-14-23)26-19-20-28(32(36)30(26)34)27-18-17-25(7-4-2)29(33)31(27)35/h3,5,9-20H,4,6-8H2,1-2H3. The van der Waals surface area contributed by atoms with Crippen molar-refractivity contribution in [1.29, 1.82) is 0 Å². The molecule has 4 aromatic carbocycles. The van der Waals surface area contributed by atoms with E-state index in [2.05, 4.69) is 30.3 Å². The Morgan fingerprint density at radius 3 is 1.67 bits per heavy atom. The second kappa shape index (κ2) is 11.4. The molecule has 0 bridgehead atoms. The highest BCUT2D eigenvalue weighted by molar-refractivity contribution is 5.74. The third-order valence-corrected chi connectivity index (χ3v) is 6.37. The first kappa shape index (κ1) is 25.4. The Bertz CT molecular complexity index is 1370. The molecule has 4 heteroatoms. The molecule has 0 aliphatic rings. The van der Waals surface area contributed by atoms with Gasteiger partial charge < -0.3 is 0 Å². The number of halogens is 4. The second-order valence-corrected chi connectivity index (χ2v) is 8.82. The molecule has 0 unspecified atom stereocenters. The Labute approximate surface area is 209 Å². The Hall–Kier alpha value is -3.66. The minimum Gasteiger partial charge on any atom is -0.203 e. The van der Waals surface area contributed by atoms with Crippen LogP contribution in [0.25, 0.3) is 33.4 Å². The van der Waals surface area contributed by atoms with Crippen LogP contribution >= 0.6 is 0 Å². The van der Waals surface area contributed by atoms with E-state index >= 15 is 8.78 Å². The second-order valence-electron chi connectivity index (χ2n) is 8.82. The van der Waals surface area contributed by atoms with Crippen LogP contribution in [0.2, 0.25) is 0 Å². The Morgan fingerprint density at radius 1 is 0.556 bits per heavy atom. The Kier molecular flexibility index (Phi) is 8.04. The quantitative estimate of drug-likeness (QED) is 0.171. The molecular weight excluding hydrogens is 460 g/mol. The molecular formula is C32H28F4. The maximum atomic E-state index is 15.1. The normalized spacial score (nSPS) is 11.4. The summed E-state index contributed by atoms with van der Waals surface area (Å²) >= 11 is 0. The van der Waals surface area contributed by atoms with Crippen molar-refractivity contribution < 1.29 is 17.6 Å². The van der Waals surface area contributed by atoms with E-state index < -0.39 is 23.3 Å². The van der Waals surface area contributed by atoms with Crippen molar-refractivity contribution in [2.24, 2.45) is 0 Å². The van der Waals surface area contributed by atoms with Crippen molar-refractivity contribution in [3.63, 3.8) is 0 Å². The molecule has 0 fully saturated rings. The van der Waals surface area contributed by atoms with Crippen LogP contribution in [0.1, 0.15) is 37.8 Å². The molecule has 0 radical (unpaired) electrons. The zero-order chi connectivity index (χ0) is 25.7. The van der Waals surface area contributed by atoms with Gasteiger partial charge in [0.05, 0.1) is 0 Å². The summed E-state index contributed by atoms with van der Waals surface area (Å²) < 4.78 is 59.1. The fourth-order valence-corrected chi connectivity index (χ4v) is 4.36. The fraction of sp³-hybridized carbons (Fsp3) is 0.188.